The number of anilines is 1. The van der Waals surface area contributed by atoms with E-state index in [0.29, 0.717) is 0 Å². The van der Waals surface area contributed by atoms with Crippen molar-refractivity contribution in [2.75, 3.05) is 5.32 Å². The maximum Gasteiger partial charge on any atom is 0.391 e. The first-order chi connectivity index (χ1) is 16.2. The smallest absolute Gasteiger partial charge is 0.391 e. The molecule has 184 valence electrons. The second-order valence-corrected chi connectivity index (χ2v) is 9.47. The fourth-order valence-electron chi connectivity index (χ4n) is 5.11. The van der Waals surface area contributed by atoms with E-state index in [1.165, 1.54) is 26.1 Å². The van der Waals surface area contributed by atoms with Gasteiger partial charge in [-0.25, -0.2) is 18.7 Å². The molecule has 11 heteroatoms. The lowest BCUT2D eigenvalue weighted by atomic mass is 9.62. The van der Waals surface area contributed by atoms with E-state index in [0.717, 1.165) is 12.1 Å². The minimum absolute atomic E-state index is 0.0307. The van der Waals surface area contributed by atoms with Gasteiger partial charge in [0.05, 0.1) is 23.6 Å². The third kappa shape index (κ3) is 4.23. The Balaban J connectivity index is 1.99. The van der Waals surface area contributed by atoms with Crippen molar-refractivity contribution in [2.45, 2.75) is 56.8 Å². The zero-order chi connectivity index (χ0) is 25.9. The lowest BCUT2D eigenvalue weighted by Gasteiger charge is -2.49. The van der Waals surface area contributed by atoms with Gasteiger partial charge in [0.2, 0.25) is 0 Å². The van der Waals surface area contributed by atoms with Crippen LogP contribution in [0.25, 0.3) is 10.9 Å². The summed E-state index contributed by atoms with van der Waals surface area (Å²) in [5.74, 6) is -2.48. The average Bonchev–Trinajstić information content (AvgIpc) is 2.72. The van der Waals surface area contributed by atoms with E-state index >= 15 is 0 Å². The summed E-state index contributed by atoms with van der Waals surface area (Å²) < 4.78 is 70.0. The van der Waals surface area contributed by atoms with Crippen LogP contribution in [0.5, 0.6) is 5.75 Å². The third-order valence-corrected chi connectivity index (χ3v) is 6.29. The number of aromatic nitrogens is 2. The summed E-state index contributed by atoms with van der Waals surface area (Å²) in [5.41, 5.74) is -4.44. The quantitative estimate of drug-likeness (QED) is 0.428. The Hall–Kier alpha value is -3.52. The number of nitriles is 1. The van der Waals surface area contributed by atoms with Crippen LogP contribution < -0.4 is 5.32 Å². The summed E-state index contributed by atoms with van der Waals surface area (Å²) in [6.45, 7) is 4.48. The van der Waals surface area contributed by atoms with Crippen LogP contribution in [-0.2, 0) is 5.41 Å². The number of phenols is 1. The number of fused-ring (bicyclic) bond motifs is 2. The molecule has 4 rings (SSSR count). The van der Waals surface area contributed by atoms with Crippen molar-refractivity contribution in [3.05, 3.63) is 58.5 Å². The number of aromatic hydroxyl groups is 1. The maximum absolute atomic E-state index is 14.6. The van der Waals surface area contributed by atoms with E-state index in [-0.39, 0.29) is 33.5 Å². The predicted molar refractivity (Wildman–Crippen MR) is 117 cm³/mol. The SMILES string of the molecule is Cc1ncc2c(NC3c4cc(C#N)c(F)c(O)c4C(C)(C)CC3(O)CC(F)(F)F)ccc(F)c2n1. The molecule has 1 aliphatic rings. The van der Waals surface area contributed by atoms with Crippen LogP contribution in [0, 0.1) is 29.9 Å². The zero-order valence-corrected chi connectivity index (χ0v) is 18.9. The summed E-state index contributed by atoms with van der Waals surface area (Å²) in [4.78, 5) is 8.07. The molecule has 2 atom stereocenters. The highest BCUT2D eigenvalue weighted by Gasteiger charge is 2.55. The minimum Gasteiger partial charge on any atom is -0.505 e. The van der Waals surface area contributed by atoms with Gasteiger partial charge in [-0.3, -0.25) is 0 Å². The largest absolute Gasteiger partial charge is 0.505 e. The standard InChI is InChI=1S/C24H21F5N4O2/c1-11-31-8-14-16(5-4-15(25)19(14)32-11)33-21-13-6-12(7-30)18(26)20(34)17(13)22(2,3)9-23(21,35)10-24(27,28)29/h4-6,8,21,33-35H,9-10H2,1-3H3. The monoisotopic (exact) mass is 492 g/mol. The van der Waals surface area contributed by atoms with Crippen LogP contribution in [0.2, 0.25) is 0 Å². The summed E-state index contributed by atoms with van der Waals surface area (Å²) in [6.07, 6.45) is -5.62. The Kier molecular flexibility index (Phi) is 5.64. The van der Waals surface area contributed by atoms with Gasteiger partial charge in [0.1, 0.15) is 23.2 Å². The van der Waals surface area contributed by atoms with Crippen molar-refractivity contribution in [2.24, 2.45) is 0 Å². The molecule has 1 aliphatic carbocycles. The molecule has 0 bridgehead atoms. The van der Waals surface area contributed by atoms with E-state index in [1.807, 2.05) is 0 Å². The second kappa shape index (κ2) is 8.02. The molecular formula is C24H21F5N4O2. The number of alkyl halides is 3. The van der Waals surface area contributed by atoms with Crippen molar-refractivity contribution in [3.8, 4) is 11.8 Å². The molecule has 0 radical (unpaired) electrons. The molecule has 0 amide bonds. The highest BCUT2D eigenvalue weighted by molar-refractivity contribution is 5.91. The molecule has 2 aromatic carbocycles. The summed E-state index contributed by atoms with van der Waals surface area (Å²) >= 11 is 0. The Labute approximate surface area is 197 Å². The molecule has 0 spiro atoms. The number of nitrogens with zero attached hydrogens (tertiary/aromatic N) is 3. The van der Waals surface area contributed by atoms with Gasteiger partial charge < -0.3 is 15.5 Å². The molecule has 0 aliphatic heterocycles. The number of nitrogens with one attached hydrogen (secondary N) is 1. The molecule has 2 unspecified atom stereocenters. The van der Waals surface area contributed by atoms with Crippen LogP contribution in [0.15, 0.2) is 24.4 Å². The van der Waals surface area contributed by atoms with Crippen LogP contribution in [-0.4, -0.2) is 32.0 Å². The van der Waals surface area contributed by atoms with Gasteiger partial charge in [0.15, 0.2) is 11.6 Å². The van der Waals surface area contributed by atoms with Crippen molar-refractivity contribution in [3.63, 3.8) is 0 Å². The Bertz CT molecular complexity index is 1380. The number of hydrogen-bond acceptors (Lipinski definition) is 6. The summed E-state index contributed by atoms with van der Waals surface area (Å²) in [6, 6.07) is 3.38. The number of hydrogen-bond donors (Lipinski definition) is 3. The van der Waals surface area contributed by atoms with Gasteiger partial charge in [-0.1, -0.05) is 13.8 Å². The number of halogens is 5. The molecule has 35 heavy (non-hydrogen) atoms. The van der Waals surface area contributed by atoms with Gasteiger partial charge in [-0.05, 0) is 42.5 Å². The zero-order valence-electron chi connectivity index (χ0n) is 18.9. The summed E-state index contributed by atoms with van der Waals surface area (Å²) in [5, 5.41) is 34.4. The normalized spacial score (nSPS) is 21.4. The first-order valence-corrected chi connectivity index (χ1v) is 10.6. The average molecular weight is 492 g/mol. The van der Waals surface area contributed by atoms with Crippen molar-refractivity contribution in [1.29, 1.82) is 5.26 Å². The van der Waals surface area contributed by atoms with Crippen LogP contribution >= 0.6 is 0 Å². The lowest BCUT2D eigenvalue weighted by molar-refractivity contribution is -0.186. The first kappa shape index (κ1) is 24.6. The van der Waals surface area contributed by atoms with Crippen molar-refractivity contribution < 1.29 is 32.2 Å². The highest BCUT2D eigenvalue weighted by Crippen LogP contribution is 2.55. The van der Waals surface area contributed by atoms with E-state index < -0.39 is 59.0 Å². The van der Waals surface area contributed by atoms with E-state index in [9.17, 15) is 37.4 Å². The molecule has 0 saturated heterocycles. The van der Waals surface area contributed by atoms with E-state index in [2.05, 4.69) is 15.3 Å². The number of rotatable bonds is 3. The molecule has 0 fully saturated rings. The molecule has 3 N–H and O–H groups in total. The number of phenolic OH excluding ortho intramolecular Hbond substituents is 1. The van der Waals surface area contributed by atoms with E-state index in [4.69, 9.17) is 0 Å². The number of benzene rings is 2. The number of aryl methyl sites for hydroxylation is 1. The van der Waals surface area contributed by atoms with Gasteiger partial charge >= 0.3 is 6.18 Å². The Morgan fingerprint density at radius 1 is 1.26 bits per heavy atom. The molecule has 3 aromatic rings. The maximum atomic E-state index is 14.6. The van der Waals surface area contributed by atoms with E-state index in [1.54, 1.807) is 13.0 Å². The molecule has 6 nitrogen and oxygen atoms in total. The summed E-state index contributed by atoms with van der Waals surface area (Å²) in [7, 11) is 0. The topological polar surface area (TPSA) is 102 Å². The first-order valence-electron chi connectivity index (χ1n) is 10.6. The minimum atomic E-state index is -4.78. The Morgan fingerprint density at radius 3 is 2.57 bits per heavy atom. The third-order valence-electron chi connectivity index (χ3n) is 6.29. The van der Waals surface area contributed by atoms with Gasteiger partial charge in [0.25, 0.3) is 0 Å². The molecular weight excluding hydrogens is 471 g/mol. The fraction of sp³-hybridized carbons (Fsp3) is 0.375. The van der Waals surface area contributed by atoms with Crippen molar-refractivity contribution >= 4 is 16.6 Å². The molecule has 1 aromatic heterocycles. The second-order valence-electron chi connectivity index (χ2n) is 9.47. The van der Waals surface area contributed by atoms with Gasteiger partial charge in [-0.15, -0.1) is 0 Å². The van der Waals surface area contributed by atoms with Crippen LogP contribution in [0.3, 0.4) is 0 Å². The van der Waals surface area contributed by atoms with Gasteiger partial charge in [0, 0.05) is 22.8 Å². The van der Waals surface area contributed by atoms with Crippen LogP contribution in [0.4, 0.5) is 27.6 Å². The Morgan fingerprint density at radius 2 is 1.94 bits per heavy atom. The number of aliphatic hydroxyl groups is 1. The predicted octanol–water partition coefficient (Wildman–Crippen LogP) is 5.31. The fourth-order valence-corrected chi connectivity index (χ4v) is 5.11. The van der Waals surface area contributed by atoms with Crippen LogP contribution in [0.1, 0.15) is 55.2 Å². The molecule has 1 heterocycles. The molecule has 0 saturated carbocycles. The highest BCUT2D eigenvalue weighted by atomic mass is 19.4. The van der Waals surface area contributed by atoms with Crippen molar-refractivity contribution in [1.82, 2.24) is 9.97 Å². The van der Waals surface area contributed by atoms with Gasteiger partial charge in [-0.2, -0.15) is 18.4 Å². The lowest BCUT2D eigenvalue weighted by Crippen LogP contribution is -2.52.